The zero-order valence-electron chi connectivity index (χ0n) is 11.4. The fourth-order valence-electron chi connectivity index (χ4n) is 2.62. The van der Waals surface area contributed by atoms with Crippen molar-refractivity contribution in [3.05, 3.63) is 65.8 Å². The van der Waals surface area contributed by atoms with Crippen LogP contribution < -0.4 is 0 Å². The number of halogens is 2. The molecule has 110 valence electrons. The third-order valence-electron chi connectivity index (χ3n) is 3.85. The molecule has 0 spiro atoms. The molecule has 2 atom stereocenters. The van der Waals surface area contributed by atoms with Gasteiger partial charge in [0.15, 0.2) is 0 Å². The highest BCUT2D eigenvalue weighted by Gasteiger charge is 2.45. The molecule has 4 rings (SSSR count). The van der Waals surface area contributed by atoms with Crippen molar-refractivity contribution < 1.29 is 13.3 Å². The summed E-state index contributed by atoms with van der Waals surface area (Å²) < 4.78 is 32.0. The molecule has 0 amide bonds. The van der Waals surface area contributed by atoms with Gasteiger partial charge in [-0.15, -0.1) is 0 Å². The van der Waals surface area contributed by atoms with Crippen LogP contribution in [0, 0.1) is 11.6 Å². The van der Waals surface area contributed by atoms with Gasteiger partial charge in [0.05, 0.1) is 0 Å². The molecular weight excluding hydrogens is 288 g/mol. The van der Waals surface area contributed by atoms with E-state index >= 15 is 0 Å². The molecule has 2 aromatic heterocycles. The molecule has 0 aliphatic heterocycles. The summed E-state index contributed by atoms with van der Waals surface area (Å²) in [7, 11) is 0. The summed E-state index contributed by atoms with van der Waals surface area (Å²) in [6.45, 7) is 0. The molecule has 1 aromatic carbocycles. The Morgan fingerprint density at radius 2 is 1.86 bits per heavy atom. The first-order chi connectivity index (χ1) is 10.7. The molecule has 0 saturated heterocycles. The van der Waals surface area contributed by atoms with Gasteiger partial charge in [-0.05, 0) is 36.1 Å². The second-order valence-corrected chi connectivity index (χ2v) is 5.31. The number of nitrogens with zero attached hydrogens (tertiary/aromatic N) is 3. The lowest BCUT2D eigenvalue weighted by Gasteiger charge is -2.00. The first-order valence-electron chi connectivity index (χ1n) is 6.91. The Labute approximate surface area is 124 Å². The van der Waals surface area contributed by atoms with E-state index in [0.717, 1.165) is 18.1 Å². The molecular formula is C16H11F2N3O. The van der Waals surface area contributed by atoms with Crippen molar-refractivity contribution in [2.75, 3.05) is 0 Å². The van der Waals surface area contributed by atoms with Gasteiger partial charge in [0, 0.05) is 29.9 Å². The molecule has 0 N–H and O–H groups in total. The van der Waals surface area contributed by atoms with Crippen molar-refractivity contribution in [3.63, 3.8) is 0 Å². The maximum atomic E-state index is 13.8. The summed E-state index contributed by atoms with van der Waals surface area (Å²) in [5.41, 5.74) is 1.31. The van der Waals surface area contributed by atoms with E-state index in [4.69, 9.17) is 4.52 Å². The third kappa shape index (κ3) is 2.26. The molecule has 1 aliphatic rings. The molecule has 1 saturated carbocycles. The van der Waals surface area contributed by atoms with Crippen LogP contribution in [0.2, 0.25) is 0 Å². The Hall–Kier alpha value is -2.63. The van der Waals surface area contributed by atoms with E-state index in [2.05, 4.69) is 15.1 Å². The van der Waals surface area contributed by atoms with Crippen molar-refractivity contribution >= 4 is 0 Å². The summed E-state index contributed by atoms with van der Waals surface area (Å²) >= 11 is 0. The lowest BCUT2D eigenvalue weighted by molar-refractivity contribution is 0.378. The number of hydrogen-bond donors (Lipinski definition) is 0. The van der Waals surface area contributed by atoms with Crippen LogP contribution in [0.1, 0.15) is 29.7 Å². The van der Waals surface area contributed by atoms with E-state index in [1.807, 2.05) is 0 Å². The van der Waals surface area contributed by atoms with E-state index < -0.39 is 11.6 Å². The van der Waals surface area contributed by atoms with Crippen LogP contribution in [0.3, 0.4) is 0 Å². The van der Waals surface area contributed by atoms with Gasteiger partial charge in [-0.3, -0.25) is 4.98 Å². The second kappa shape index (κ2) is 4.98. The SMILES string of the molecule is Fc1ccc([C@H]2C[C@@H]2c2nc(-c3ccncc3)no2)c(F)c1. The summed E-state index contributed by atoms with van der Waals surface area (Å²) in [5, 5.41) is 3.94. The van der Waals surface area contributed by atoms with Gasteiger partial charge in [0.1, 0.15) is 11.6 Å². The highest BCUT2D eigenvalue weighted by atomic mass is 19.1. The predicted molar refractivity (Wildman–Crippen MR) is 74.0 cm³/mol. The highest BCUT2D eigenvalue weighted by Crippen LogP contribution is 2.54. The smallest absolute Gasteiger partial charge is 0.230 e. The van der Waals surface area contributed by atoms with Gasteiger partial charge in [0.2, 0.25) is 11.7 Å². The highest BCUT2D eigenvalue weighted by molar-refractivity contribution is 5.52. The van der Waals surface area contributed by atoms with Crippen molar-refractivity contribution in [2.24, 2.45) is 0 Å². The van der Waals surface area contributed by atoms with Crippen LogP contribution in [-0.4, -0.2) is 15.1 Å². The van der Waals surface area contributed by atoms with Crippen LogP contribution in [0.15, 0.2) is 47.2 Å². The first-order valence-corrected chi connectivity index (χ1v) is 6.91. The molecule has 6 heteroatoms. The summed E-state index contributed by atoms with van der Waals surface area (Å²) in [4.78, 5) is 8.30. The molecule has 0 bridgehead atoms. The maximum absolute atomic E-state index is 13.8. The van der Waals surface area contributed by atoms with Crippen LogP contribution in [0.25, 0.3) is 11.4 Å². The minimum absolute atomic E-state index is 0.0111. The molecule has 1 aliphatic carbocycles. The number of hydrogen-bond acceptors (Lipinski definition) is 4. The zero-order valence-corrected chi connectivity index (χ0v) is 11.4. The van der Waals surface area contributed by atoms with Gasteiger partial charge in [-0.1, -0.05) is 11.2 Å². The van der Waals surface area contributed by atoms with Crippen molar-refractivity contribution in [1.29, 1.82) is 0 Å². The largest absolute Gasteiger partial charge is 0.339 e. The Morgan fingerprint density at radius 3 is 2.64 bits per heavy atom. The van der Waals surface area contributed by atoms with E-state index in [-0.39, 0.29) is 11.8 Å². The monoisotopic (exact) mass is 299 g/mol. The standard InChI is InChI=1S/C16H11F2N3O/c17-10-1-2-11(14(18)7-10)12-8-13(12)16-20-15(21-22-16)9-3-5-19-6-4-9/h1-7,12-13H,8H2/t12-,13+/m1/s1. The molecule has 2 heterocycles. The molecule has 1 fully saturated rings. The minimum Gasteiger partial charge on any atom is -0.339 e. The Balaban J connectivity index is 1.57. The number of pyridine rings is 1. The second-order valence-electron chi connectivity index (χ2n) is 5.31. The summed E-state index contributed by atoms with van der Waals surface area (Å²) in [6, 6.07) is 7.23. The molecule has 0 radical (unpaired) electrons. The number of benzene rings is 1. The van der Waals surface area contributed by atoms with Crippen LogP contribution in [0.4, 0.5) is 8.78 Å². The van der Waals surface area contributed by atoms with E-state index in [9.17, 15) is 8.78 Å². The topological polar surface area (TPSA) is 51.8 Å². The zero-order chi connectivity index (χ0) is 15.1. The Bertz CT molecular complexity index is 819. The normalized spacial score (nSPS) is 20.1. The van der Waals surface area contributed by atoms with Crippen molar-refractivity contribution in [1.82, 2.24) is 15.1 Å². The van der Waals surface area contributed by atoms with Gasteiger partial charge in [-0.2, -0.15) is 4.98 Å². The minimum atomic E-state index is -0.573. The quantitative estimate of drug-likeness (QED) is 0.740. The summed E-state index contributed by atoms with van der Waals surface area (Å²) in [5.74, 6) is -0.171. The summed E-state index contributed by atoms with van der Waals surface area (Å²) in [6.07, 6.45) is 4.03. The average Bonchev–Trinajstić information content (AvgIpc) is 3.15. The molecule has 3 aromatic rings. The van der Waals surface area contributed by atoms with Gasteiger partial charge >= 0.3 is 0 Å². The van der Waals surface area contributed by atoms with Crippen molar-refractivity contribution in [3.8, 4) is 11.4 Å². The molecule has 22 heavy (non-hydrogen) atoms. The Kier molecular flexibility index (Phi) is 2.96. The third-order valence-corrected chi connectivity index (χ3v) is 3.85. The first kappa shape index (κ1) is 13.1. The van der Waals surface area contributed by atoms with E-state index in [0.29, 0.717) is 17.3 Å². The van der Waals surface area contributed by atoms with Crippen LogP contribution >= 0.6 is 0 Å². The Morgan fingerprint density at radius 1 is 1.05 bits per heavy atom. The molecule has 0 unspecified atom stereocenters. The van der Waals surface area contributed by atoms with Gasteiger partial charge in [0.25, 0.3) is 0 Å². The van der Waals surface area contributed by atoms with Crippen LogP contribution in [-0.2, 0) is 0 Å². The number of rotatable bonds is 3. The van der Waals surface area contributed by atoms with Gasteiger partial charge < -0.3 is 4.52 Å². The van der Waals surface area contributed by atoms with E-state index in [1.165, 1.54) is 12.1 Å². The van der Waals surface area contributed by atoms with Crippen LogP contribution in [0.5, 0.6) is 0 Å². The lowest BCUT2D eigenvalue weighted by atomic mass is 10.1. The van der Waals surface area contributed by atoms with E-state index in [1.54, 1.807) is 24.5 Å². The maximum Gasteiger partial charge on any atom is 0.230 e. The predicted octanol–water partition coefficient (Wildman–Crippen LogP) is 3.68. The molecule has 4 nitrogen and oxygen atoms in total. The fraction of sp³-hybridized carbons (Fsp3) is 0.188. The fourth-order valence-corrected chi connectivity index (χ4v) is 2.62. The lowest BCUT2D eigenvalue weighted by Crippen LogP contribution is -1.91. The average molecular weight is 299 g/mol. The van der Waals surface area contributed by atoms with Crippen molar-refractivity contribution in [2.45, 2.75) is 18.3 Å². The number of aromatic nitrogens is 3. The van der Waals surface area contributed by atoms with Gasteiger partial charge in [-0.25, -0.2) is 8.78 Å².